The second kappa shape index (κ2) is 4.95. The highest BCUT2D eigenvalue weighted by molar-refractivity contribution is 6.80. The topological polar surface area (TPSA) is 3.24 Å². The van der Waals surface area contributed by atoms with Gasteiger partial charge in [-0.15, -0.1) is 0 Å². The van der Waals surface area contributed by atoms with Crippen molar-refractivity contribution in [2.45, 2.75) is 43.6 Å². The van der Waals surface area contributed by atoms with Crippen LogP contribution in [-0.4, -0.2) is 26.1 Å². The summed E-state index contributed by atoms with van der Waals surface area (Å²) in [6, 6.07) is 17.4. The van der Waals surface area contributed by atoms with E-state index in [0.717, 1.165) is 0 Å². The molecule has 0 bridgehead atoms. The summed E-state index contributed by atoms with van der Waals surface area (Å²) in [5.41, 5.74) is 1.48. The Balaban J connectivity index is 1.55. The minimum atomic E-state index is -0.720. The molecule has 17 heavy (non-hydrogen) atoms. The first-order valence-electron chi connectivity index (χ1n) is 7.13. The molecule has 2 fully saturated rings. The molecular weight excluding hydrogens is 222 g/mol. The first-order chi connectivity index (χ1) is 8.36. The standard InChI is InChI=1S/C15H23NSi/c1-2-6-15(7-3-1)14-16-8-12-17(13-9-16)10-4-5-11-17/h1-3,6-7H,4-5,8-14H2. The molecule has 0 radical (unpaired) electrons. The zero-order valence-corrected chi connectivity index (χ0v) is 11.7. The normalized spacial score (nSPS) is 24.2. The Kier molecular flexibility index (Phi) is 3.34. The SMILES string of the molecule is c1ccc(CN2CC[Si]3(CCCC3)CC2)cc1. The molecule has 0 amide bonds. The molecule has 0 aliphatic carbocycles. The van der Waals surface area contributed by atoms with Crippen LogP contribution in [0.3, 0.4) is 0 Å². The summed E-state index contributed by atoms with van der Waals surface area (Å²) in [6.45, 7) is 3.92. The molecule has 0 aromatic heterocycles. The van der Waals surface area contributed by atoms with Gasteiger partial charge in [0.05, 0.1) is 8.07 Å². The monoisotopic (exact) mass is 245 g/mol. The molecule has 1 nitrogen and oxygen atoms in total. The van der Waals surface area contributed by atoms with E-state index >= 15 is 0 Å². The number of rotatable bonds is 2. The second-order valence-corrected chi connectivity index (χ2v) is 11.0. The van der Waals surface area contributed by atoms with E-state index in [1.807, 2.05) is 0 Å². The number of hydrogen-bond donors (Lipinski definition) is 0. The highest BCUT2D eigenvalue weighted by Gasteiger charge is 2.38. The van der Waals surface area contributed by atoms with Crippen LogP contribution >= 0.6 is 0 Å². The van der Waals surface area contributed by atoms with Crippen molar-refractivity contribution in [2.24, 2.45) is 0 Å². The molecular formula is C15H23NSi. The molecule has 2 saturated heterocycles. The van der Waals surface area contributed by atoms with Gasteiger partial charge in [0.2, 0.25) is 0 Å². The third-order valence-corrected chi connectivity index (χ3v) is 10.2. The fraction of sp³-hybridized carbons (Fsp3) is 0.600. The maximum atomic E-state index is 2.67. The number of hydrogen-bond acceptors (Lipinski definition) is 1. The molecule has 1 aromatic rings. The van der Waals surface area contributed by atoms with Crippen LogP contribution in [-0.2, 0) is 6.54 Å². The Hall–Kier alpha value is -0.603. The van der Waals surface area contributed by atoms with Gasteiger partial charge in [-0.05, 0) is 30.7 Å². The van der Waals surface area contributed by atoms with Gasteiger partial charge in [-0.25, -0.2) is 0 Å². The minimum Gasteiger partial charge on any atom is -0.300 e. The molecule has 2 aliphatic rings. The van der Waals surface area contributed by atoms with Crippen molar-refractivity contribution >= 4 is 8.07 Å². The quantitative estimate of drug-likeness (QED) is 0.717. The van der Waals surface area contributed by atoms with Gasteiger partial charge in [-0.3, -0.25) is 4.90 Å². The molecule has 2 heteroatoms. The predicted octanol–water partition coefficient (Wildman–Crippen LogP) is 3.74. The highest BCUT2D eigenvalue weighted by Crippen LogP contribution is 2.39. The van der Waals surface area contributed by atoms with Crippen LogP contribution < -0.4 is 0 Å². The third kappa shape index (κ3) is 2.63. The van der Waals surface area contributed by atoms with E-state index in [0.29, 0.717) is 0 Å². The van der Waals surface area contributed by atoms with Gasteiger partial charge >= 0.3 is 0 Å². The lowest BCUT2D eigenvalue weighted by atomic mass is 10.2. The van der Waals surface area contributed by atoms with Crippen LogP contribution in [0, 0.1) is 0 Å². The van der Waals surface area contributed by atoms with Crippen molar-refractivity contribution < 1.29 is 0 Å². The van der Waals surface area contributed by atoms with Gasteiger partial charge in [0.25, 0.3) is 0 Å². The van der Waals surface area contributed by atoms with E-state index in [2.05, 4.69) is 35.2 Å². The highest BCUT2D eigenvalue weighted by atomic mass is 28.3. The maximum Gasteiger partial charge on any atom is 0.0561 e. The van der Waals surface area contributed by atoms with Gasteiger partial charge in [-0.2, -0.15) is 0 Å². The largest absolute Gasteiger partial charge is 0.300 e. The Morgan fingerprint density at radius 2 is 1.53 bits per heavy atom. The van der Waals surface area contributed by atoms with Crippen LogP contribution in [0.2, 0.25) is 24.2 Å². The summed E-state index contributed by atoms with van der Waals surface area (Å²) >= 11 is 0. The Morgan fingerprint density at radius 1 is 0.882 bits per heavy atom. The smallest absolute Gasteiger partial charge is 0.0561 e. The second-order valence-electron chi connectivity index (χ2n) is 5.97. The Bertz CT molecular complexity index is 346. The van der Waals surface area contributed by atoms with E-state index in [9.17, 15) is 0 Å². The van der Waals surface area contributed by atoms with Crippen LogP contribution in [0.15, 0.2) is 30.3 Å². The molecule has 0 atom stereocenters. The van der Waals surface area contributed by atoms with Crippen molar-refractivity contribution in [1.82, 2.24) is 4.90 Å². The Labute approximate surface area is 106 Å². The lowest BCUT2D eigenvalue weighted by Crippen LogP contribution is -2.44. The van der Waals surface area contributed by atoms with Crippen LogP contribution in [0.4, 0.5) is 0 Å². The zero-order valence-electron chi connectivity index (χ0n) is 10.7. The van der Waals surface area contributed by atoms with Crippen molar-refractivity contribution in [1.29, 1.82) is 0 Å². The van der Waals surface area contributed by atoms with Gasteiger partial charge in [0.1, 0.15) is 0 Å². The summed E-state index contributed by atoms with van der Waals surface area (Å²) in [6.07, 6.45) is 3.09. The molecule has 1 spiro atoms. The summed E-state index contributed by atoms with van der Waals surface area (Å²) in [5.74, 6) is 0. The molecule has 0 unspecified atom stereocenters. The van der Waals surface area contributed by atoms with E-state index in [-0.39, 0.29) is 0 Å². The maximum absolute atomic E-state index is 2.67. The van der Waals surface area contributed by atoms with E-state index < -0.39 is 8.07 Å². The average molecular weight is 245 g/mol. The molecule has 2 heterocycles. The average Bonchev–Trinajstić information content (AvgIpc) is 2.83. The number of nitrogens with zero attached hydrogens (tertiary/aromatic N) is 1. The first-order valence-corrected chi connectivity index (χ1v) is 9.96. The van der Waals surface area contributed by atoms with Crippen molar-refractivity contribution in [3.05, 3.63) is 35.9 Å². The van der Waals surface area contributed by atoms with Gasteiger partial charge in [-0.1, -0.05) is 55.3 Å². The minimum absolute atomic E-state index is 0.720. The van der Waals surface area contributed by atoms with Crippen molar-refractivity contribution in [3.8, 4) is 0 Å². The molecule has 2 aliphatic heterocycles. The summed E-state index contributed by atoms with van der Waals surface area (Å²) < 4.78 is 0. The van der Waals surface area contributed by atoms with Crippen molar-refractivity contribution in [3.63, 3.8) is 0 Å². The fourth-order valence-electron chi connectivity index (χ4n) is 3.65. The molecule has 3 rings (SSSR count). The number of benzene rings is 1. The Morgan fingerprint density at radius 3 is 2.18 bits per heavy atom. The summed E-state index contributed by atoms with van der Waals surface area (Å²) in [4.78, 5) is 2.67. The molecule has 0 saturated carbocycles. The summed E-state index contributed by atoms with van der Waals surface area (Å²) in [5, 5.41) is 0. The first kappa shape index (κ1) is 11.5. The predicted molar refractivity (Wildman–Crippen MR) is 75.9 cm³/mol. The fourth-order valence-corrected chi connectivity index (χ4v) is 8.73. The lowest BCUT2D eigenvalue weighted by Gasteiger charge is -2.38. The van der Waals surface area contributed by atoms with Crippen LogP contribution in [0.5, 0.6) is 0 Å². The van der Waals surface area contributed by atoms with Gasteiger partial charge < -0.3 is 0 Å². The van der Waals surface area contributed by atoms with Crippen LogP contribution in [0.25, 0.3) is 0 Å². The van der Waals surface area contributed by atoms with E-state index in [1.165, 1.54) is 25.2 Å². The molecule has 0 N–H and O–H groups in total. The zero-order chi connectivity index (χ0) is 11.6. The molecule has 1 aromatic carbocycles. The van der Waals surface area contributed by atoms with Gasteiger partial charge in [0, 0.05) is 6.54 Å². The van der Waals surface area contributed by atoms with E-state index in [4.69, 9.17) is 0 Å². The summed E-state index contributed by atoms with van der Waals surface area (Å²) in [7, 11) is -0.720. The lowest BCUT2D eigenvalue weighted by molar-refractivity contribution is 0.281. The third-order valence-electron chi connectivity index (χ3n) is 4.83. The van der Waals surface area contributed by atoms with Gasteiger partial charge in [0.15, 0.2) is 0 Å². The van der Waals surface area contributed by atoms with E-state index in [1.54, 1.807) is 37.0 Å². The van der Waals surface area contributed by atoms with Crippen molar-refractivity contribution in [2.75, 3.05) is 13.1 Å². The van der Waals surface area contributed by atoms with Crippen LogP contribution in [0.1, 0.15) is 18.4 Å². The molecule has 92 valence electrons.